The van der Waals surface area contributed by atoms with Crippen LogP contribution in [0.5, 0.6) is 5.75 Å². The third-order valence-corrected chi connectivity index (χ3v) is 7.42. The summed E-state index contributed by atoms with van der Waals surface area (Å²) in [6.45, 7) is 2.13. The molecule has 2 amide bonds. The number of esters is 1. The lowest BCUT2D eigenvalue weighted by atomic mass is 10.1. The zero-order valence-electron chi connectivity index (χ0n) is 20.1. The van der Waals surface area contributed by atoms with Crippen molar-refractivity contribution in [1.82, 2.24) is 14.7 Å². The first-order valence-electron chi connectivity index (χ1n) is 11.9. The first kappa shape index (κ1) is 25.3. The molecule has 2 aliphatic rings. The van der Waals surface area contributed by atoms with Gasteiger partial charge in [0.25, 0.3) is 11.1 Å². The van der Waals surface area contributed by atoms with Gasteiger partial charge in [-0.2, -0.15) is 5.10 Å². The maximum Gasteiger partial charge on any atom is 0.326 e. The van der Waals surface area contributed by atoms with Crippen molar-refractivity contribution in [2.75, 3.05) is 19.8 Å². The molecule has 10 heteroatoms. The van der Waals surface area contributed by atoms with Crippen LogP contribution in [0.3, 0.4) is 0 Å². The van der Waals surface area contributed by atoms with Crippen molar-refractivity contribution >= 4 is 50.9 Å². The van der Waals surface area contributed by atoms with E-state index in [9.17, 15) is 14.4 Å². The molecular formula is C27H24BrN3O5S. The highest BCUT2D eigenvalue weighted by Crippen LogP contribution is 2.37. The van der Waals surface area contributed by atoms with Crippen LogP contribution in [0, 0.1) is 5.92 Å². The molecule has 2 aromatic carbocycles. The standard InChI is InChI=1S/C27H24BrN3O5S/c1-2-35-24(32)15-30-26(33)23(37-27(30)34)13-19-14-31(20-6-4-3-5-7-20)29-25(19)18-10-11-22(21(28)12-18)36-16-17-8-9-17/h3-7,10-14,17H,2,8-9,15-16H2,1H3/b23-13-. The third-order valence-electron chi connectivity index (χ3n) is 5.89. The number of imide groups is 1. The van der Waals surface area contributed by atoms with Crippen molar-refractivity contribution in [3.8, 4) is 22.7 Å². The summed E-state index contributed by atoms with van der Waals surface area (Å²) in [5, 5.41) is 4.29. The van der Waals surface area contributed by atoms with Crippen LogP contribution >= 0.6 is 27.7 Å². The first-order valence-corrected chi connectivity index (χ1v) is 13.5. The van der Waals surface area contributed by atoms with Crippen molar-refractivity contribution in [1.29, 1.82) is 0 Å². The number of carbonyl (C=O) groups excluding carboxylic acids is 3. The molecule has 2 fully saturated rings. The summed E-state index contributed by atoms with van der Waals surface area (Å²) in [6.07, 6.45) is 5.88. The maximum absolute atomic E-state index is 13.0. The Kier molecular flexibility index (Phi) is 7.48. The molecule has 0 N–H and O–H groups in total. The molecule has 8 nitrogen and oxygen atoms in total. The van der Waals surface area contributed by atoms with Gasteiger partial charge < -0.3 is 9.47 Å². The number of hydrogen-bond acceptors (Lipinski definition) is 7. The van der Waals surface area contributed by atoms with Crippen molar-refractivity contribution in [2.24, 2.45) is 5.92 Å². The normalized spacial score (nSPS) is 16.5. The second-order valence-corrected chi connectivity index (χ2v) is 10.5. The molecule has 1 saturated carbocycles. The Bertz CT molecular complexity index is 1380. The van der Waals surface area contributed by atoms with Crippen molar-refractivity contribution < 1.29 is 23.9 Å². The Morgan fingerprint density at radius 2 is 1.97 bits per heavy atom. The van der Waals surface area contributed by atoms with E-state index in [2.05, 4.69) is 15.9 Å². The highest BCUT2D eigenvalue weighted by molar-refractivity contribution is 9.10. The van der Waals surface area contributed by atoms with E-state index in [1.807, 2.05) is 54.7 Å². The maximum atomic E-state index is 13.0. The Hall–Kier alpha value is -3.37. The van der Waals surface area contributed by atoms with E-state index in [1.165, 1.54) is 12.8 Å². The van der Waals surface area contributed by atoms with E-state index in [4.69, 9.17) is 14.6 Å². The average Bonchev–Trinajstić information content (AvgIpc) is 3.57. The number of rotatable bonds is 9. The van der Waals surface area contributed by atoms with Crippen molar-refractivity contribution in [3.05, 3.63) is 69.7 Å². The van der Waals surface area contributed by atoms with Crippen LogP contribution in [0.25, 0.3) is 23.0 Å². The molecular weight excluding hydrogens is 558 g/mol. The first-order chi connectivity index (χ1) is 17.9. The van der Waals surface area contributed by atoms with E-state index in [1.54, 1.807) is 17.7 Å². The molecule has 37 heavy (non-hydrogen) atoms. The topological polar surface area (TPSA) is 90.7 Å². The highest BCUT2D eigenvalue weighted by Gasteiger charge is 2.37. The Labute approximate surface area is 226 Å². The summed E-state index contributed by atoms with van der Waals surface area (Å²) in [5.41, 5.74) is 2.96. The molecule has 190 valence electrons. The van der Waals surface area contributed by atoms with Gasteiger partial charge in [-0.05, 0) is 89.8 Å². The van der Waals surface area contributed by atoms with Crippen LogP contribution in [-0.4, -0.2) is 51.6 Å². The second-order valence-electron chi connectivity index (χ2n) is 8.69. The van der Waals surface area contributed by atoms with Gasteiger partial charge in [-0.1, -0.05) is 18.2 Å². The highest BCUT2D eigenvalue weighted by atomic mass is 79.9. The van der Waals surface area contributed by atoms with Crippen molar-refractivity contribution in [3.63, 3.8) is 0 Å². The summed E-state index contributed by atoms with van der Waals surface area (Å²) in [7, 11) is 0. The predicted octanol–water partition coefficient (Wildman–Crippen LogP) is 5.69. The van der Waals surface area contributed by atoms with Gasteiger partial charge in [0.15, 0.2) is 0 Å². The molecule has 2 heterocycles. The molecule has 1 saturated heterocycles. The van der Waals surface area contributed by atoms with Gasteiger partial charge in [0.05, 0.1) is 28.3 Å². The van der Waals surface area contributed by atoms with E-state index < -0.39 is 23.7 Å². The lowest BCUT2D eigenvalue weighted by molar-refractivity contribution is -0.145. The van der Waals surface area contributed by atoms with Gasteiger partial charge in [0, 0.05) is 17.3 Å². The lowest BCUT2D eigenvalue weighted by Crippen LogP contribution is -2.34. The van der Waals surface area contributed by atoms with Gasteiger partial charge in [-0.25, -0.2) is 4.68 Å². The Balaban J connectivity index is 1.48. The fourth-order valence-electron chi connectivity index (χ4n) is 3.80. The fourth-order valence-corrected chi connectivity index (χ4v) is 5.12. The predicted molar refractivity (Wildman–Crippen MR) is 144 cm³/mol. The summed E-state index contributed by atoms with van der Waals surface area (Å²) in [5.74, 6) is 0.239. The third kappa shape index (κ3) is 5.80. The van der Waals surface area contributed by atoms with Gasteiger partial charge in [-0.15, -0.1) is 0 Å². The number of hydrogen-bond donors (Lipinski definition) is 0. The summed E-state index contributed by atoms with van der Waals surface area (Å²) >= 11 is 4.40. The second kappa shape index (κ2) is 10.9. The number of carbonyl (C=O) groups is 3. The van der Waals surface area contributed by atoms with Gasteiger partial charge in [-0.3, -0.25) is 19.3 Å². The molecule has 0 radical (unpaired) electrons. The van der Waals surface area contributed by atoms with Gasteiger partial charge in [0.1, 0.15) is 18.0 Å². The molecule has 3 aromatic rings. The number of nitrogens with zero attached hydrogens (tertiary/aromatic N) is 3. The molecule has 1 aliphatic carbocycles. The lowest BCUT2D eigenvalue weighted by Gasteiger charge is -2.10. The number of benzene rings is 2. The largest absolute Gasteiger partial charge is 0.492 e. The van der Waals surface area contributed by atoms with E-state index in [0.717, 1.165) is 38.1 Å². The average molecular weight is 582 g/mol. The van der Waals surface area contributed by atoms with Crippen LogP contribution in [-0.2, 0) is 14.3 Å². The van der Waals surface area contributed by atoms with Gasteiger partial charge >= 0.3 is 5.97 Å². The molecule has 0 unspecified atom stereocenters. The molecule has 0 spiro atoms. The monoisotopic (exact) mass is 581 g/mol. The quantitative estimate of drug-likeness (QED) is 0.237. The molecule has 1 aliphatic heterocycles. The fraction of sp³-hybridized carbons (Fsp3) is 0.259. The number of aromatic nitrogens is 2. The Morgan fingerprint density at radius 3 is 2.68 bits per heavy atom. The summed E-state index contributed by atoms with van der Waals surface area (Å²) in [6, 6.07) is 15.4. The minimum atomic E-state index is -0.627. The van der Waals surface area contributed by atoms with Crippen molar-refractivity contribution in [2.45, 2.75) is 19.8 Å². The van der Waals surface area contributed by atoms with E-state index in [-0.39, 0.29) is 11.5 Å². The SMILES string of the molecule is CCOC(=O)CN1C(=O)S/C(=C\c2cn(-c3ccccc3)nc2-c2ccc(OCC3CC3)c(Br)c2)C1=O. The minimum Gasteiger partial charge on any atom is -0.492 e. The van der Waals surface area contributed by atoms with E-state index in [0.29, 0.717) is 23.8 Å². The smallest absolute Gasteiger partial charge is 0.326 e. The number of halogens is 1. The minimum absolute atomic E-state index is 0.174. The number of amides is 2. The van der Waals surface area contributed by atoms with Crippen LogP contribution in [0.1, 0.15) is 25.3 Å². The zero-order valence-corrected chi connectivity index (χ0v) is 22.5. The molecule has 5 rings (SSSR count). The molecule has 1 aromatic heterocycles. The number of thioether (sulfide) groups is 1. The molecule has 0 atom stereocenters. The summed E-state index contributed by atoms with van der Waals surface area (Å²) in [4.78, 5) is 38.4. The van der Waals surface area contributed by atoms with Crippen LogP contribution in [0.4, 0.5) is 4.79 Å². The van der Waals surface area contributed by atoms with Gasteiger partial charge in [0.2, 0.25) is 0 Å². The Morgan fingerprint density at radius 1 is 1.19 bits per heavy atom. The van der Waals surface area contributed by atoms with E-state index >= 15 is 0 Å². The van der Waals surface area contributed by atoms with Crippen LogP contribution in [0.15, 0.2) is 64.1 Å². The van der Waals surface area contributed by atoms with Crippen LogP contribution in [0.2, 0.25) is 0 Å². The number of para-hydroxylation sites is 1. The van der Waals surface area contributed by atoms with Crippen LogP contribution < -0.4 is 4.74 Å². The number of ether oxygens (including phenoxy) is 2. The summed E-state index contributed by atoms with van der Waals surface area (Å²) < 4.78 is 13.4. The molecule has 0 bridgehead atoms. The zero-order chi connectivity index (χ0) is 25.9.